The highest BCUT2D eigenvalue weighted by Crippen LogP contribution is 2.26. The van der Waals surface area contributed by atoms with E-state index in [0.717, 1.165) is 17.5 Å². The quantitative estimate of drug-likeness (QED) is 0.762. The van der Waals surface area contributed by atoms with Gasteiger partial charge in [-0.1, -0.05) is 30.3 Å². The lowest BCUT2D eigenvalue weighted by atomic mass is 10.0. The van der Waals surface area contributed by atoms with Crippen molar-refractivity contribution in [2.45, 2.75) is 39.7 Å². The van der Waals surface area contributed by atoms with Crippen molar-refractivity contribution in [1.82, 2.24) is 5.32 Å². The van der Waals surface area contributed by atoms with Crippen LogP contribution in [0.25, 0.3) is 0 Å². The van der Waals surface area contributed by atoms with Crippen LogP contribution in [0.3, 0.4) is 0 Å². The van der Waals surface area contributed by atoms with Crippen molar-refractivity contribution in [2.75, 3.05) is 18.1 Å². The Morgan fingerprint density at radius 3 is 2.59 bits per heavy atom. The summed E-state index contributed by atoms with van der Waals surface area (Å²) in [5, 5.41) is 2.85. The maximum Gasteiger partial charge on any atom is 0.340 e. The van der Waals surface area contributed by atoms with Crippen LogP contribution in [0, 0.1) is 13.8 Å². The van der Waals surface area contributed by atoms with Gasteiger partial charge in [-0.05, 0) is 56.0 Å². The molecule has 1 aliphatic rings. The summed E-state index contributed by atoms with van der Waals surface area (Å²) in [5.74, 6) is -1.00. The molecule has 2 aromatic carbocycles. The molecule has 2 aromatic rings. The zero-order valence-corrected chi connectivity index (χ0v) is 17.0. The van der Waals surface area contributed by atoms with Gasteiger partial charge in [-0.15, -0.1) is 0 Å². The number of esters is 1. The molecule has 0 aliphatic carbocycles. The van der Waals surface area contributed by atoms with E-state index in [1.165, 1.54) is 5.56 Å². The van der Waals surface area contributed by atoms with Crippen molar-refractivity contribution in [3.05, 3.63) is 64.7 Å². The van der Waals surface area contributed by atoms with Crippen molar-refractivity contribution in [3.63, 3.8) is 0 Å². The van der Waals surface area contributed by atoms with Gasteiger partial charge in [-0.3, -0.25) is 9.59 Å². The van der Waals surface area contributed by atoms with Crippen LogP contribution < -0.4 is 10.2 Å². The molecule has 1 atom stereocenters. The molecule has 0 unspecified atom stereocenters. The van der Waals surface area contributed by atoms with Crippen LogP contribution >= 0.6 is 0 Å². The number of rotatable bonds is 6. The number of nitrogens with zero attached hydrogens (tertiary/aromatic N) is 1. The first-order chi connectivity index (χ1) is 13.9. The van der Waals surface area contributed by atoms with E-state index in [1.54, 1.807) is 29.2 Å². The molecule has 0 saturated carbocycles. The van der Waals surface area contributed by atoms with Crippen molar-refractivity contribution >= 4 is 23.5 Å². The second kappa shape index (κ2) is 8.90. The first kappa shape index (κ1) is 20.6. The Bertz CT molecular complexity index is 938. The summed E-state index contributed by atoms with van der Waals surface area (Å²) in [5.41, 5.74) is 4.16. The van der Waals surface area contributed by atoms with Crippen LogP contribution in [0.4, 0.5) is 5.69 Å². The molecule has 2 amide bonds. The van der Waals surface area contributed by atoms with Crippen LogP contribution in [0.15, 0.2) is 42.5 Å². The number of nitrogens with one attached hydrogen (secondary N) is 1. The van der Waals surface area contributed by atoms with Crippen LogP contribution in [0.5, 0.6) is 0 Å². The topological polar surface area (TPSA) is 75.7 Å². The molecule has 0 aromatic heterocycles. The number of aryl methyl sites for hydroxylation is 2. The number of para-hydroxylation sites is 1. The van der Waals surface area contributed by atoms with E-state index in [9.17, 15) is 14.4 Å². The monoisotopic (exact) mass is 394 g/mol. The normalized spacial score (nSPS) is 14.6. The SMILES string of the molecule is Cc1ccc([C@H](C)NC(=O)COC(=O)c2ccccc2N2CCCC2=O)cc1C. The molecule has 0 bridgehead atoms. The van der Waals surface area contributed by atoms with Crippen LogP contribution in [-0.2, 0) is 14.3 Å². The zero-order chi connectivity index (χ0) is 21.0. The van der Waals surface area contributed by atoms with E-state index in [4.69, 9.17) is 4.74 Å². The standard InChI is InChI=1S/C23H26N2O4/c1-15-10-11-18(13-16(15)2)17(3)24-21(26)14-29-23(28)19-7-4-5-8-20(19)25-12-6-9-22(25)27/h4-5,7-8,10-11,13,17H,6,9,12,14H2,1-3H3,(H,24,26)/t17-/m0/s1. The van der Waals surface area contributed by atoms with Gasteiger partial charge in [0.05, 0.1) is 17.3 Å². The molecule has 6 nitrogen and oxygen atoms in total. The maximum atomic E-state index is 12.5. The Hall–Kier alpha value is -3.15. The summed E-state index contributed by atoms with van der Waals surface area (Å²) in [6.45, 7) is 6.15. The summed E-state index contributed by atoms with van der Waals surface area (Å²) >= 11 is 0. The highest BCUT2D eigenvalue weighted by Gasteiger charge is 2.26. The van der Waals surface area contributed by atoms with Gasteiger partial charge in [0.25, 0.3) is 5.91 Å². The smallest absolute Gasteiger partial charge is 0.340 e. The van der Waals surface area contributed by atoms with E-state index < -0.39 is 5.97 Å². The Kier molecular flexibility index (Phi) is 6.32. The Balaban J connectivity index is 1.60. The number of benzene rings is 2. The van der Waals surface area contributed by atoms with Gasteiger partial charge in [-0.2, -0.15) is 0 Å². The summed E-state index contributed by atoms with van der Waals surface area (Å²) < 4.78 is 5.22. The lowest BCUT2D eigenvalue weighted by molar-refractivity contribution is -0.125. The lowest BCUT2D eigenvalue weighted by Gasteiger charge is -2.19. The molecule has 152 valence electrons. The number of hydrogen-bond donors (Lipinski definition) is 1. The molecule has 1 heterocycles. The van der Waals surface area contributed by atoms with E-state index >= 15 is 0 Å². The summed E-state index contributed by atoms with van der Waals surface area (Å²) in [6, 6.07) is 12.6. The van der Waals surface area contributed by atoms with Gasteiger partial charge in [0.2, 0.25) is 5.91 Å². The van der Waals surface area contributed by atoms with Gasteiger partial charge in [0.1, 0.15) is 0 Å². The first-order valence-electron chi connectivity index (χ1n) is 9.80. The highest BCUT2D eigenvalue weighted by molar-refractivity contribution is 6.03. The van der Waals surface area contributed by atoms with Gasteiger partial charge < -0.3 is 15.0 Å². The number of anilines is 1. The first-order valence-corrected chi connectivity index (χ1v) is 9.80. The van der Waals surface area contributed by atoms with E-state index in [-0.39, 0.29) is 30.0 Å². The molecule has 1 N–H and O–H groups in total. The molecule has 1 fully saturated rings. The number of hydrogen-bond acceptors (Lipinski definition) is 4. The molecule has 1 saturated heterocycles. The maximum absolute atomic E-state index is 12.5. The Morgan fingerprint density at radius 1 is 1.14 bits per heavy atom. The van der Waals surface area contributed by atoms with Crippen molar-refractivity contribution in [3.8, 4) is 0 Å². The molecule has 0 radical (unpaired) electrons. The fraction of sp³-hybridized carbons (Fsp3) is 0.348. The van der Waals surface area contributed by atoms with Crippen LogP contribution in [0.1, 0.15) is 52.9 Å². The fourth-order valence-electron chi connectivity index (χ4n) is 3.39. The third kappa shape index (κ3) is 4.83. The minimum Gasteiger partial charge on any atom is -0.452 e. The lowest BCUT2D eigenvalue weighted by Crippen LogP contribution is -2.31. The third-order valence-corrected chi connectivity index (χ3v) is 5.23. The Morgan fingerprint density at radius 2 is 1.90 bits per heavy atom. The van der Waals surface area contributed by atoms with Crippen molar-refractivity contribution in [1.29, 1.82) is 0 Å². The molecular weight excluding hydrogens is 368 g/mol. The second-order valence-corrected chi connectivity index (χ2v) is 7.38. The average Bonchev–Trinajstić information content (AvgIpc) is 3.14. The number of carbonyl (C=O) groups is 3. The second-order valence-electron chi connectivity index (χ2n) is 7.38. The summed E-state index contributed by atoms with van der Waals surface area (Å²) in [4.78, 5) is 38.4. The summed E-state index contributed by atoms with van der Waals surface area (Å²) in [7, 11) is 0. The average molecular weight is 394 g/mol. The Labute approximate surface area is 170 Å². The van der Waals surface area contributed by atoms with Gasteiger partial charge >= 0.3 is 5.97 Å². The van der Waals surface area contributed by atoms with Crippen molar-refractivity contribution in [2.24, 2.45) is 0 Å². The van der Waals surface area contributed by atoms with Crippen LogP contribution in [-0.4, -0.2) is 30.9 Å². The molecule has 29 heavy (non-hydrogen) atoms. The van der Waals surface area contributed by atoms with Crippen molar-refractivity contribution < 1.29 is 19.1 Å². The van der Waals surface area contributed by atoms with Gasteiger partial charge in [0, 0.05) is 13.0 Å². The van der Waals surface area contributed by atoms with E-state index in [2.05, 4.69) is 5.32 Å². The van der Waals surface area contributed by atoms with E-state index in [0.29, 0.717) is 18.7 Å². The zero-order valence-electron chi connectivity index (χ0n) is 17.0. The minimum atomic E-state index is -0.616. The molecule has 0 spiro atoms. The largest absolute Gasteiger partial charge is 0.452 e. The third-order valence-electron chi connectivity index (χ3n) is 5.23. The minimum absolute atomic E-state index is 0.00907. The predicted octanol–water partition coefficient (Wildman–Crippen LogP) is 3.46. The fourth-order valence-corrected chi connectivity index (χ4v) is 3.39. The van der Waals surface area contributed by atoms with E-state index in [1.807, 2.05) is 39.0 Å². The van der Waals surface area contributed by atoms with Gasteiger partial charge in [-0.25, -0.2) is 4.79 Å². The number of carbonyl (C=O) groups excluding carboxylic acids is 3. The molecule has 6 heteroatoms. The molecule has 3 rings (SSSR count). The number of amides is 2. The molecular formula is C23H26N2O4. The number of ether oxygens (including phenoxy) is 1. The van der Waals surface area contributed by atoms with Gasteiger partial charge in [0.15, 0.2) is 6.61 Å². The molecule has 1 aliphatic heterocycles. The highest BCUT2D eigenvalue weighted by atomic mass is 16.5. The predicted molar refractivity (Wildman–Crippen MR) is 111 cm³/mol. The summed E-state index contributed by atoms with van der Waals surface area (Å²) in [6.07, 6.45) is 1.24. The van der Waals surface area contributed by atoms with Crippen LogP contribution in [0.2, 0.25) is 0 Å².